The maximum absolute atomic E-state index is 12.7. The third kappa shape index (κ3) is 2.67. The van der Waals surface area contributed by atoms with E-state index in [1.807, 2.05) is 30.3 Å². The second-order valence-electron chi connectivity index (χ2n) is 5.36. The van der Waals surface area contributed by atoms with Gasteiger partial charge in [-0.05, 0) is 37.3 Å². The van der Waals surface area contributed by atoms with Crippen molar-refractivity contribution in [3.05, 3.63) is 64.6 Å². The van der Waals surface area contributed by atoms with E-state index in [9.17, 15) is 9.90 Å². The van der Waals surface area contributed by atoms with Crippen LogP contribution in [-0.4, -0.2) is 14.5 Å². The van der Waals surface area contributed by atoms with Crippen molar-refractivity contribution >= 4 is 17.1 Å². The molecule has 2 aromatic carbocycles. The fourth-order valence-corrected chi connectivity index (χ4v) is 2.39. The van der Waals surface area contributed by atoms with Crippen molar-refractivity contribution in [2.45, 2.75) is 6.92 Å². The van der Waals surface area contributed by atoms with Gasteiger partial charge >= 0.3 is 0 Å². The number of benzene rings is 2. The topological polar surface area (TPSA) is 97.9 Å². The summed E-state index contributed by atoms with van der Waals surface area (Å²) in [6.07, 6.45) is 0. The molecule has 7 heteroatoms. The Kier molecular flexibility index (Phi) is 3.91. The zero-order valence-corrected chi connectivity index (χ0v) is 13.3. The van der Waals surface area contributed by atoms with Crippen LogP contribution in [0.3, 0.4) is 0 Å². The Morgan fingerprint density at radius 3 is 2.50 bits per heavy atom. The zero-order valence-electron chi connectivity index (χ0n) is 13.3. The highest BCUT2D eigenvalue weighted by Crippen LogP contribution is 2.30. The first-order chi connectivity index (χ1) is 11.5. The minimum atomic E-state index is -0.284. The zero-order chi connectivity index (χ0) is 17.3. The summed E-state index contributed by atoms with van der Waals surface area (Å²) in [4.78, 5) is 12.7. The van der Waals surface area contributed by atoms with E-state index < -0.39 is 0 Å². The van der Waals surface area contributed by atoms with Gasteiger partial charge in [0.25, 0.3) is 5.56 Å². The van der Waals surface area contributed by atoms with Gasteiger partial charge in [-0.3, -0.25) is 9.48 Å². The Labute approximate surface area is 138 Å². The van der Waals surface area contributed by atoms with Gasteiger partial charge in [0.15, 0.2) is 5.69 Å². The van der Waals surface area contributed by atoms with Gasteiger partial charge in [0.1, 0.15) is 11.4 Å². The summed E-state index contributed by atoms with van der Waals surface area (Å²) in [5.74, 6) is -0.0510. The molecule has 0 saturated carbocycles. The van der Waals surface area contributed by atoms with Crippen LogP contribution in [0.25, 0.3) is 5.69 Å². The van der Waals surface area contributed by atoms with Gasteiger partial charge in [-0.1, -0.05) is 18.2 Å². The monoisotopic (exact) mass is 323 g/mol. The molecule has 3 rings (SSSR count). The van der Waals surface area contributed by atoms with Crippen molar-refractivity contribution in [2.75, 3.05) is 5.73 Å². The summed E-state index contributed by atoms with van der Waals surface area (Å²) < 4.78 is 3.23. The van der Waals surface area contributed by atoms with Crippen molar-refractivity contribution in [3.63, 3.8) is 0 Å². The highest BCUT2D eigenvalue weighted by atomic mass is 16.3. The molecule has 0 amide bonds. The molecule has 1 aromatic heterocycles. The molecule has 0 bridgehead atoms. The van der Waals surface area contributed by atoms with Crippen LogP contribution >= 0.6 is 0 Å². The lowest BCUT2D eigenvalue weighted by Crippen LogP contribution is -2.19. The van der Waals surface area contributed by atoms with Crippen LogP contribution in [0.15, 0.2) is 63.6 Å². The Hall–Kier alpha value is -3.35. The number of rotatable bonds is 3. The Morgan fingerprint density at radius 2 is 1.79 bits per heavy atom. The second kappa shape index (κ2) is 6.04. The molecule has 0 aliphatic heterocycles. The molecular weight excluding hydrogens is 306 g/mol. The molecule has 0 spiro atoms. The largest absolute Gasteiger partial charge is 0.506 e. The first-order valence-corrected chi connectivity index (χ1v) is 7.33. The van der Waals surface area contributed by atoms with E-state index >= 15 is 0 Å². The minimum Gasteiger partial charge on any atom is -0.506 e. The Bertz CT molecular complexity index is 971. The summed E-state index contributed by atoms with van der Waals surface area (Å²) in [5, 5.41) is 17.8. The number of nitrogens with zero attached hydrogens (tertiary/aromatic N) is 4. The lowest BCUT2D eigenvalue weighted by molar-refractivity contribution is 0.476. The van der Waals surface area contributed by atoms with Gasteiger partial charge < -0.3 is 10.8 Å². The molecule has 3 N–H and O–H groups in total. The molecule has 1 heterocycles. The van der Waals surface area contributed by atoms with Crippen molar-refractivity contribution in [1.82, 2.24) is 9.36 Å². The average Bonchev–Trinajstić information content (AvgIpc) is 2.79. The Balaban J connectivity index is 2.09. The lowest BCUT2D eigenvalue weighted by atomic mass is 10.2. The minimum absolute atomic E-state index is 0.0510. The molecule has 0 atom stereocenters. The van der Waals surface area contributed by atoms with Crippen molar-refractivity contribution in [2.24, 2.45) is 17.3 Å². The number of hydrogen-bond acceptors (Lipinski definition) is 5. The number of phenols is 1. The third-order valence-corrected chi connectivity index (χ3v) is 3.78. The van der Waals surface area contributed by atoms with Crippen LogP contribution in [0.5, 0.6) is 5.75 Å². The Morgan fingerprint density at radius 1 is 1.08 bits per heavy atom. The molecule has 122 valence electrons. The van der Waals surface area contributed by atoms with E-state index in [0.29, 0.717) is 11.4 Å². The number of nitrogens with two attached hydrogens (primary N) is 1. The third-order valence-electron chi connectivity index (χ3n) is 3.78. The number of para-hydroxylation sites is 1. The first kappa shape index (κ1) is 15.5. The fraction of sp³-hybridized carbons (Fsp3) is 0.118. The molecule has 7 nitrogen and oxygen atoms in total. The predicted octanol–water partition coefficient (Wildman–Crippen LogP) is 3.19. The highest BCUT2D eigenvalue weighted by Gasteiger charge is 2.15. The van der Waals surface area contributed by atoms with E-state index in [1.165, 1.54) is 16.8 Å². The van der Waals surface area contributed by atoms with Gasteiger partial charge in [-0.25, -0.2) is 4.68 Å². The van der Waals surface area contributed by atoms with E-state index in [0.717, 1.165) is 5.69 Å². The molecule has 24 heavy (non-hydrogen) atoms. The second-order valence-corrected chi connectivity index (χ2v) is 5.36. The summed E-state index contributed by atoms with van der Waals surface area (Å²) in [6.45, 7) is 1.79. The van der Waals surface area contributed by atoms with Crippen LogP contribution < -0.4 is 11.3 Å². The number of phenolic OH excluding ortho intramolecular Hbond substituents is 1. The number of azo groups is 1. The van der Waals surface area contributed by atoms with Gasteiger partial charge in [0.2, 0.25) is 0 Å². The van der Waals surface area contributed by atoms with Gasteiger partial charge in [0, 0.05) is 12.7 Å². The van der Waals surface area contributed by atoms with Gasteiger partial charge in [0.05, 0.1) is 11.4 Å². The van der Waals surface area contributed by atoms with Crippen molar-refractivity contribution in [1.29, 1.82) is 0 Å². The number of nitrogen functional groups attached to an aromatic ring is 1. The molecule has 0 fully saturated rings. The predicted molar refractivity (Wildman–Crippen MR) is 92.4 cm³/mol. The number of aromatic hydroxyl groups is 1. The van der Waals surface area contributed by atoms with Crippen LogP contribution in [0.4, 0.5) is 17.1 Å². The SMILES string of the molecule is Cc1c(N=Nc2cc(N)ccc2O)c(=O)n(-c2ccccc2)n1C. The van der Waals surface area contributed by atoms with Gasteiger partial charge in [-0.2, -0.15) is 0 Å². The maximum Gasteiger partial charge on any atom is 0.299 e. The molecule has 0 saturated heterocycles. The standard InChI is InChI=1S/C17H17N5O2/c1-11-16(20-19-14-10-12(18)8-9-15(14)23)17(24)22(21(11)2)13-6-4-3-5-7-13/h3-10,23H,18H2,1-2H3. The van der Waals surface area contributed by atoms with Crippen molar-refractivity contribution < 1.29 is 5.11 Å². The highest BCUT2D eigenvalue weighted by molar-refractivity contribution is 5.59. The summed E-state index contributed by atoms with van der Waals surface area (Å²) in [7, 11) is 1.78. The van der Waals surface area contributed by atoms with E-state index in [-0.39, 0.29) is 22.7 Å². The van der Waals surface area contributed by atoms with E-state index in [1.54, 1.807) is 24.7 Å². The van der Waals surface area contributed by atoms with Crippen molar-refractivity contribution in [3.8, 4) is 11.4 Å². The molecular formula is C17H17N5O2. The lowest BCUT2D eigenvalue weighted by Gasteiger charge is -2.07. The number of hydrogen-bond donors (Lipinski definition) is 2. The van der Waals surface area contributed by atoms with E-state index in [2.05, 4.69) is 10.2 Å². The van der Waals surface area contributed by atoms with Crippen LogP contribution in [0, 0.1) is 6.92 Å². The molecule has 0 aliphatic carbocycles. The van der Waals surface area contributed by atoms with Gasteiger partial charge in [-0.15, -0.1) is 10.2 Å². The quantitative estimate of drug-likeness (QED) is 0.440. The summed E-state index contributed by atoms with van der Waals surface area (Å²) >= 11 is 0. The fourth-order valence-electron chi connectivity index (χ4n) is 2.39. The normalized spacial score (nSPS) is 11.2. The first-order valence-electron chi connectivity index (χ1n) is 7.33. The number of anilines is 1. The molecule has 3 aromatic rings. The molecule has 0 aliphatic rings. The number of aromatic nitrogens is 2. The summed E-state index contributed by atoms with van der Waals surface area (Å²) in [6, 6.07) is 13.8. The molecule has 0 radical (unpaired) electrons. The molecule has 0 unspecified atom stereocenters. The van der Waals surface area contributed by atoms with Crippen LogP contribution in [-0.2, 0) is 7.05 Å². The summed E-state index contributed by atoms with van der Waals surface area (Å²) in [5.41, 5.74) is 7.67. The van der Waals surface area contributed by atoms with E-state index in [4.69, 9.17) is 5.73 Å². The van der Waals surface area contributed by atoms with Crippen LogP contribution in [0.2, 0.25) is 0 Å². The maximum atomic E-state index is 12.7. The average molecular weight is 323 g/mol. The smallest absolute Gasteiger partial charge is 0.299 e. The van der Waals surface area contributed by atoms with Crippen LogP contribution in [0.1, 0.15) is 5.69 Å².